The Balaban J connectivity index is 0.00000225. The number of carbonyl (C=O) groups excluding carboxylic acids is 2. The molecule has 0 aromatic rings. The van der Waals surface area contributed by atoms with Gasteiger partial charge in [-0.2, -0.15) is 0 Å². The molecule has 7 nitrogen and oxygen atoms in total. The van der Waals surface area contributed by atoms with E-state index < -0.39 is 5.54 Å². The fraction of sp³-hybridized carbons (Fsp3) is 0.850. The van der Waals surface area contributed by atoms with E-state index >= 15 is 0 Å². The van der Waals surface area contributed by atoms with Gasteiger partial charge in [-0.1, -0.05) is 6.42 Å². The molecule has 2 aliphatic carbocycles. The lowest BCUT2D eigenvalue weighted by Crippen LogP contribution is -2.55. The third-order valence-electron chi connectivity index (χ3n) is 7.35. The van der Waals surface area contributed by atoms with Crippen molar-refractivity contribution in [3.05, 3.63) is 0 Å². The first-order valence-electron chi connectivity index (χ1n) is 10.6. The first-order valence-corrected chi connectivity index (χ1v) is 10.6. The van der Waals surface area contributed by atoms with Crippen molar-refractivity contribution < 1.29 is 9.59 Å². The van der Waals surface area contributed by atoms with Gasteiger partial charge in [-0.15, -0.1) is 24.0 Å². The van der Waals surface area contributed by atoms with Crippen LogP contribution < -0.4 is 16.0 Å². The van der Waals surface area contributed by atoms with Crippen LogP contribution in [0, 0.1) is 17.3 Å². The Morgan fingerprint density at radius 1 is 1.18 bits per heavy atom. The number of urea groups is 1. The molecule has 28 heavy (non-hydrogen) atoms. The summed E-state index contributed by atoms with van der Waals surface area (Å²) in [7, 11) is 0. The second-order valence-electron chi connectivity index (χ2n) is 9.03. The predicted molar refractivity (Wildman–Crippen MR) is 120 cm³/mol. The number of nitrogens with zero attached hydrogens (tertiary/aromatic N) is 2. The lowest BCUT2D eigenvalue weighted by atomic mass is 9.65. The van der Waals surface area contributed by atoms with Crippen molar-refractivity contribution in [2.24, 2.45) is 22.2 Å². The first-order chi connectivity index (χ1) is 13.0. The topological polar surface area (TPSA) is 85.8 Å². The molecule has 0 spiro atoms. The SMILES string of the molecule is CCNC(=NCC1(C2CC2)CCC1)N1CCC(C2(C)NC(=O)NC2=O)CC1.I. The van der Waals surface area contributed by atoms with E-state index in [-0.39, 0.29) is 41.8 Å². The zero-order chi connectivity index (χ0) is 19.1. The number of hydrogen-bond donors (Lipinski definition) is 3. The van der Waals surface area contributed by atoms with E-state index in [1.54, 1.807) is 0 Å². The van der Waals surface area contributed by atoms with Crippen molar-refractivity contribution in [1.29, 1.82) is 0 Å². The van der Waals surface area contributed by atoms with Gasteiger partial charge in [0.1, 0.15) is 5.54 Å². The number of nitrogens with one attached hydrogen (secondary N) is 3. The fourth-order valence-corrected chi connectivity index (χ4v) is 5.19. The zero-order valence-corrected chi connectivity index (χ0v) is 19.4. The Labute approximate surface area is 184 Å². The highest BCUT2D eigenvalue weighted by Gasteiger charge is 2.50. The van der Waals surface area contributed by atoms with Crippen LogP contribution in [0.5, 0.6) is 0 Å². The van der Waals surface area contributed by atoms with Crippen LogP contribution in [0.15, 0.2) is 4.99 Å². The summed E-state index contributed by atoms with van der Waals surface area (Å²) >= 11 is 0. The molecule has 4 aliphatic rings. The van der Waals surface area contributed by atoms with E-state index in [2.05, 4.69) is 27.8 Å². The number of carbonyl (C=O) groups is 2. The van der Waals surface area contributed by atoms with Crippen molar-refractivity contribution in [1.82, 2.24) is 20.9 Å². The van der Waals surface area contributed by atoms with Gasteiger partial charge in [-0.25, -0.2) is 4.79 Å². The molecule has 2 saturated heterocycles. The number of halogens is 1. The number of hydrogen-bond acceptors (Lipinski definition) is 3. The monoisotopic (exact) mass is 503 g/mol. The van der Waals surface area contributed by atoms with E-state index in [9.17, 15) is 9.59 Å². The summed E-state index contributed by atoms with van der Waals surface area (Å²) in [6.45, 7) is 7.52. The zero-order valence-electron chi connectivity index (χ0n) is 17.1. The van der Waals surface area contributed by atoms with Crippen molar-refractivity contribution >= 4 is 41.9 Å². The molecule has 1 atom stereocenters. The van der Waals surface area contributed by atoms with Crippen molar-refractivity contribution in [3.63, 3.8) is 0 Å². The minimum Gasteiger partial charge on any atom is -0.357 e. The predicted octanol–water partition coefficient (Wildman–Crippen LogP) is 2.46. The van der Waals surface area contributed by atoms with Gasteiger partial charge in [0, 0.05) is 26.2 Å². The third kappa shape index (κ3) is 3.98. The van der Waals surface area contributed by atoms with Crippen molar-refractivity contribution in [2.75, 3.05) is 26.2 Å². The molecule has 2 saturated carbocycles. The maximum Gasteiger partial charge on any atom is 0.322 e. The van der Waals surface area contributed by atoms with Crippen LogP contribution in [-0.2, 0) is 4.79 Å². The van der Waals surface area contributed by atoms with Crippen LogP contribution in [0.2, 0.25) is 0 Å². The smallest absolute Gasteiger partial charge is 0.322 e. The van der Waals surface area contributed by atoms with Gasteiger partial charge >= 0.3 is 6.03 Å². The minimum absolute atomic E-state index is 0. The molecular formula is C20H34IN5O2. The second-order valence-corrected chi connectivity index (χ2v) is 9.03. The quantitative estimate of drug-likeness (QED) is 0.233. The Kier molecular flexibility index (Phi) is 6.46. The largest absolute Gasteiger partial charge is 0.357 e. The van der Waals surface area contributed by atoms with Crippen LogP contribution in [-0.4, -0.2) is 54.5 Å². The molecule has 4 rings (SSSR count). The summed E-state index contributed by atoms with van der Waals surface area (Å²) in [6, 6.07) is -0.370. The van der Waals surface area contributed by atoms with Gasteiger partial charge in [-0.3, -0.25) is 15.1 Å². The lowest BCUT2D eigenvalue weighted by molar-refractivity contribution is -0.125. The van der Waals surface area contributed by atoms with Gasteiger partial charge in [0.15, 0.2) is 5.96 Å². The molecule has 2 heterocycles. The lowest BCUT2D eigenvalue weighted by Gasteiger charge is -2.42. The van der Waals surface area contributed by atoms with E-state index in [1.165, 1.54) is 32.1 Å². The standard InChI is InChI=1S/C20H33N5O2.HI/c1-3-21-17(22-13-20(9-4-10-20)15-5-6-15)25-11-7-14(8-12-25)19(2)16(26)23-18(27)24-19;/h14-15H,3-13H2,1-2H3,(H,21,22)(H2,23,24,26,27);1H. The van der Waals surface area contributed by atoms with Gasteiger partial charge in [0.2, 0.25) is 0 Å². The molecule has 3 amide bonds. The van der Waals surface area contributed by atoms with Gasteiger partial charge in [-0.05, 0) is 69.6 Å². The molecule has 1 unspecified atom stereocenters. The highest BCUT2D eigenvalue weighted by Crippen LogP contribution is 2.57. The van der Waals surface area contributed by atoms with Crippen molar-refractivity contribution in [3.8, 4) is 0 Å². The number of likely N-dealkylation sites (tertiary alicyclic amines) is 1. The third-order valence-corrected chi connectivity index (χ3v) is 7.35. The number of guanidine groups is 1. The summed E-state index contributed by atoms with van der Waals surface area (Å²) < 4.78 is 0. The number of amides is 3. The fourth-order valence-electron chi connectivity index (χ4n) is 5.19. The van der Waals surface area contributed by atoms with Crippen LogP contribution in [0.25, 0.3) is 0 Å². The average Bonchev–Trinajstić information content (AvgIpc) is 3.41. The van der Waals surface area contributed by atoms with E-state index in [0.717, 1.165) is 50.9 Å². The molecule has 0 radical (unpaired) electrons. The van der Waals surface area contributed by atoms with Crippen LogP contribution in [0.4, 0.5) is 4.79 Å². The summed E-state index contributed by atoms with van der Waals surface area (Å²) in [5.74, 6) is 1.90. The molecule has 0 bridgehead atoms. The molecule has 0 aromatic heterocycles. The Hall–Kier alpha value is -1.06. The average molecular weight is 503 g/mol. The van der Waals surface area contributed by atoms with Gasteiger partial charge < -0.3 is 15.5 Å². The highest BCUT2D eigenvalue weighted by molar-refractivity contribution is 14.0. The summed E-state index contributed by atoms with van der Waals surface area (Å²) in [5.41, 5.74) is -0.292. The molecule has 158 valence electrons. The summed E-state index contributed by atoms with van der Waals surface area (Å²) in [4.78, 5) is 31.1. The molecule has 8 heteroatoms. The number of imide groups is 1. The molecular weight excluding hydrogens is 469 g/mol. The summed E-state index contributed by atoms with van der Waals surface area (Å²) in [5, 5.41) is 8.69. The number of aliphatic imine (C=N–C) groups is 1. The summed E-state index contributed by atoms with van der Waals surface area (Å²) in [6.07, 6.45) is 8.59. The van der Waals surface area contributed by atoms with E-state index in [4.69, 9.17) is 4.99 Å². The maximum atomic E-state index is 12.2. The Morgan fingerprint density at radius 3 is 2.32 bits per heavy atom. The van der Waals surface area contributed by atoms with Gasteiger partial charge in [0.25, 0.3) is 5.91 Å². The first kappa shape index (κ1) is 21.6. The number of piperidine rings is 1. The maximum absolute atomic E-state index is 12.2. The molecule has 3 N–H and O–H groups in total. The number of rotatable bonds is 5. The molecule has 4 fully saturated rings. The van der Waals surface area contributed by atoms with E-state index in [1.807, 2.05) is 6.92 Å². The Bertz CT molecular complexity index is 639. The van der Waals surface area contributed by atoms with Crippen LogP contribution in [0.3, 0.4) is 0 Å². The van der Waals surface area contributed by atoms with E-state index in [0.29, 0.717) is 5.41 Å². The normalized spacial score (nSPS) is 30.2. The van der Waals surface area contributed by atoms with Crippen molar-refractivity contribution in [2.45, 2.75) is 64.3 Å². The molecule has 2 aliphatic heterocycles. The highest BCUT2D eigenvalue weighted by atomic mass is 127. The van der Waals surface area contributed by atoms with Crippen LogP contribution in [0.1, 0.15) is 58.8 Å². The van der Waals surface area contributed by atoms with Gasteiger partial charge in [0.05, 0.1) is 0 Å². The van der Waals surface area contributed by atoms with Crippen LogP contribution >= 0.6 is 24.0 Å². The Morgan fingerprint density at radius 2 is 1.86 bits per heavy atom. The second kappa shape index (κ2) is 8.36. The molecule has 0 aromatic carbocycles. The minimum atomic E-state index is -0.777.